The summed E-state index contributed by atoms with van der Waals surface area (Å²) < 4.78 is 0.692. The van der Waals surface area contributed by atoms with Gasteiger partial charge in [0.15, 0.2) is 0 Å². The molecule has 1 aliphatic carbocycles. The summed E-state index contributed by atoms with van der Waals surface area (Å²) in [5.41, 5.74) is 6.62. The lowest BCUT2D eigenvalue weighted by atomic mass is 9.95. The molecule has 1 aromatic rings. The molecule has 98 valence electrons. The Morgan fingerprint density at radius 3 is 2.72 bits per heavy atom. The molecule has 18 heavy (non-hydrogen) atoms. The molecule has 1 aliphatic rings. The van der Waals surface area contributed by atoms with E-state index in [0.29, 0.717) is 16.9 Å². The fraction of sp³-hybridized carbons (Fsp3) is 0.500. The van der Waals surface area contributed by atoms with Crippen molar-refractivity contribution in [2.24, 2.45) is 11.7 Å². The molecule has 0 aliphatic heterocycles. The van der Waals surface area contributed by atoms with Gasteiger partial charge in [-0.2, -0.15) is 0 Å². The van der Waals surface area contributed by atoms with E-state index in [1.807, 2.05) is 0 Å². The first-order valence-electron chi connectivity index (χ1n) is 5.88. The minimum Gasteiger partial charge on any atom is -0.377 e. The molecule has 0 heterocycles. The first-order chi connectivity index (χ1) is 8.46. The first kappa shape index (κ1) is 13.3. The summed E-state index contributed by atoms with van der Waals surface area (Å²) in [6, 6.07) is 4.72. The van der Waals surface area contributed by atoms with Crippen molar-refractivity contribution in [3.05, 3.63) is 32.8 Å². The van der Waals surface area contributed by atoms with Crippen LogP contribution in [0.5, 0.6) is 0 Å². The van der Waals surface area contributed by atoms with Crippen LogP contribution in [-0.4, -0.2) is 17.0 Å². The number of hydrogen-bond donors (Lipinski definition) is 2. The van der Waals surface area contributed by atoms with Crippen LogP contribution >= 0.6 is 15.9 Å². The molecule has 1 unspecified atom stereocenters. The number of anilines is 1. The van der Waals surface area contributed by atoms with Crippen LogP contribution in [0.25, 0.3) is 0 Å². The summed E-state index contributed by atoms with van der Waals surface area (Å²) in [4.78, 5) is 10.3. The molecule has 2 rings (SSSR count). The van der Waals surface area contributed by atoms with Crippen molar-refractivity contribution in [1.82, 2.24) is 0 Å². The highest BCUT2D eigenvalue weighted by Gasteiger charge is 2.40. The second-order valence-corrected chi connectivity index (χ2v) is 5.80. The van der Waals surface area contributed by atoms with Crippen molar-refractivity contribution in [2.45, 2.75) is 25.3 Å². The second-order valence-electron chi connectivity index (χ2n) is 4.94. The summed E-state index contributed by atoms with van der Waals surface area (Å²) in [5.74, 6) is 0.588. The van der Waals surface area contributed by atoms with Crippen LogP contribution in [-0.2, 0) is 0 Å². The van der Waals surface area contributed by atoms with Crippen molar-refractivity contribution < 1.29 is 4.92 Å². The van der Waals surface area contributed by atoms with Gasteiger partial charge >= 0.3 is 0 Å². The molecule has 6 heteroatoms. The van der Waals surface area contributed by atoms with Gasteiger partial charge in [-0.1, -0.05) is 0 Å². The maximum absolute atomic E-state index is 10.7. The lowest BCUT2D eigenvalue weighted by molar-refractivity contribution is -0.384. The van der Waals surface area contributed by atoms with Gasteiger partial charge in [0.05, 0.1) is 4.92 Å². The minimum atomic E-state index is -0.405. The Bertz CT molecular complexity index is 476. The average Bonchev–Trinajstić information content (AvgIpc) is 3.15. The highest BCUT2D eigenvalue weighted by Crippen LogP contribution is 2.42. The van der Waals surface area contributed by atoms with E-state index in [-0.39, 0.29) is 11.2 Å². The Kier molecular flexibility index (Phi) is 3.59. The zero-order valence-electron chi connectivity index (χ0n) is 10.1. The Morgan fingerprint density at radius 1 is 1.61 bits per heavy atom. The van der Waals surface area contributed by atoms with E-state index in [0.717, 1.165) is 5.69 Å². The van der Waals surface area contributed by atoms with Crippen LogP contribution in [0.2, 0.25) is 0 Å². The lowest BCUT2D eigenvalue weighted by Crippen LogP contribution is -2.44. The number of nitro benzene ring substituents is 1. The number of non-ortho nitro benzene ring substituents is 1. The van der Waals surface area contributed by atoms with Crippen LogP contribution in [0.1, 0.15) is 19.8 Å². The van der Waals surface area contributed by atoms with Gasteiger partial charge < -0.3 is 11.1 Å². The number of benzene rings is 1. The third kappa shape index (κ3) is 2.64. The lowest BCUT2D eigenvalue weighted by Gasteiger charge is -2.31. The molecule has 0 bridgehead atoms. The third-order valence-corrected chi connectivity index (χ3v) is 4.14. The predicted molar refractivity (Wildman–Crippen MR) is 74.6 cm³/mol. The second kappa shape index (κ2) is 4.85. The fourth-order valence-electron chi connectivity index (χ4n) is 2.07. The molecular formula is C12H16BrN3O2. The molecule has 1 atom stereocenters. The maximum atomic E-state index is 10.7. The minimum absolute atomic E-state index is 0.0771. The monoisotopic (exact) mass is 313 g/mol. The molecule has 5 nitrogen and oxygen atoms in total. The quantitative estimate of drug-likeness (QED) is 0.647. The molecular weight excluding hydrogens is 298 g/mol. The van der Waals surface area contributed by atoms with E-state index in [1.165, 1.54) is 25.0 Å². The van der Waals surface area contributed by atoms with Crippen LogP contribution in [0.15, 0.2) is 22.7 Å². The Morgan fingerprint density at radius 2 is 2.28 bits per heavy atom. The summed E-state index contributed by atoms with van der Waals surface area (Å²) >= 11 is 3.36. The molecule has 1 aromatic carbocycles. The summed E-state index contributed by atoms with van der Waals surface area (Å²) in [6.07, 6.45) is 2.37. The van der Waals surface area contributed by atoms with Gasteiger partial charge in [0.25, 0.3) is 5.69 Å². The number of nitro groups is 1. The molecule has 0 radical (unpaired) electrons. The van der Waals surface area contributed by atoms with Crippen molar-refractivity contribution in [1.29, 1.82) is 0 Å². The highest BCUT2D eigenvalue weighted by atomic mass is 79.9. The Hall–Kier alpha value is -1.14. The normalized spacial score (nSPS) is 18.2. The van der Waals surface area contributed by atoms with E-state index in [4.69, 9.17) is 5.73 Å². The van der Waals surface area contributed by atoms with Gasteiger partial charge in [-0.3, -0.25) is 10.1 Å². The smallest absolute Gasteiger partial charge is 0.270 e. The summed E-state index contributed by atoms with van der Waals surface area (Å²) in [5, 5.41) is 14.1. The van der Waals surface area contributed by atoms with E-state index < -0.39 is 4.92 Å². The molecule has 3 N–H and O–H groups in total. The van der Waals surface area contributed by atoms with Crippen LogP contribution in [0, 0.1) is 16.0 Å². The average molecular weight is 314 g/mol. The van der Waals surface area contributed by atoms with Crippen molar-refractivity contribution >= 4 is 27.3 Å². The zero-order chi connectivity index (χ0) is 13.3. The van der Waals surface area contributed by atoms with Gasteiger partial charge in [0, 0.05) is 34.4 Å². The zero-order valence-corrected chi connectivity index (χ0v) is 11.7. The molecule has 0 saturated heterocycles. The standard InChI is InChI=1S/C12H16BrN3O2/c1-12(7-14,8-2-3-8)15-11-5-4-9(16(17)18)6-10(11)13/h4-6,8,15H,2-3,7,14H2,1H3. The van der Waals surface area contributed by atoms with Gasteiger partial charge in [0.1, 0.15) is 0 Å². The molecule has 1 saturated carbocycles. The third-order valence-electron chi connectivity index (χ3n) is 3.49. The van der Waals surface area contributed by atoms with Gasteiger partial charge in [-0.25, -0.2) is 0 Å². The number of nitrogens with two attached hydrogens (primary N) is 1. The number of hydrogen-bond acceptors (Lipinski definition) is 4. The Labute approximate surface area is 114 Å². The van der Waals surface area contributed by atoms with Crippen LogP contribution in [0.4, 0.5) is 11.4 Å². The van der Waals surface area contributed by atoms with Gasteiger partial charge in [-0.05, 0) is 47.7 Å². The van der Waals surface area contributed by atoms with Gasteiger partial charge in [0.2, 0.25) is 0 Å². The molecule has 1 fully saturated rings. The van der Waals surface area contributed by atoms with Gasteiger partial charge in [-0.15, -0.1) is 0 Å². The highest BCUT2D eigenvalue weighted by molar-refractivity contribution is 9.10. The van der Waals surface area contributed by atoms with E-state index in [9.17, 15) is 10.1 Å². The van der Waals surface area contributed by atoms with E-state index >= 15 is 0 Å². The number of halogens is 1. The molecule has 0 spiro atoms. The van der Waals surface area contributed by atoms with Crippen molar-refractivity contribution in [3.63, 3.8) is 0 Å². The fourth-order valence-corrected chi connectivity index (χ4v) is 2.53. The van der Waals surface area contributed by atoms with Crippen LogP contribution < -0.4 is 11.1 Å². The maximum Gasteiger partial charge on any atom is 0.270 e. The Balaban J connectivity index is 2.21. The van der Waals surface area contributed by atoms with Crippen molar-refractivity contribution in [3.8, 4) is 0 Å². The SMILES string of the molecule is CC(CN)(Nc1ccc([N+](=O)[O-])cc1Br)C1CC1. The van der Waals surface area contributed by atoms with Crippen LogP contribution in [0.3, 0.4) is 0 Å². The molecule has 0 aromatic heterocycles. The topological polar surface area (TPSA) is 81.2 Å². The number of nitrogens with one attached hydrogen (secondary N) is 1. The van der Waals surface area contributed by atoms with E-state index in [2.05, 4.69) is 28.2 Å². The predicted octanol–water partition coefficient (Wildman–Crippen LogP) is 2.90. The number of nitrogens with zero attached hydrogens (tertiary/aromatic N) is 1. The largest absolute Gasteiger partial charge is 0.377 e. The summed E-state index contributed by atoms with van der Waals surface area (Å²) in [6.45, 7) is 2.64. The molecule has 0 amide bonds. The summed E-state index contributed by atoms with van der Waals surface area (Å²) in [7, 11) is 0. The number of rotatable bonds is 5. The van der Waals surface area contributed by atoms with E-state index in [1.54, 1.807) is 6.07 Å². The van der Waals surface area contributed by atoms with Crippen molar-refractivity contribution in [2.75, 3.05) is 11.9 Å². The first-order valence-corrected chi connectivity index (χ1v) is 6.68.